The Hall–Kier alpha value is -2.95. The van der Waals surface area contributed by atoms with Crippen molar-refractivity contribution in [3.63, 3.8) is 0 Å². The van der Waals surface area contributed by atoms with Crippen LogP contribution < -0.4 is 5.32 Å². The highest BCUT2D eigenvalue weighted by Crippen LogP contribution is 2.44. The summed E-state index contributed by atoms with van der Waals surface area (Å²) in [6.45, 7) is 4.23. The Labute approximate surface area is 139 Å². The highest BCUT2D eigenvalue weighted by molar-refractivity contribution is 6.07. The zero-order chi connectivity index (χ0) is 16.8. The zero-order valence-electron chi connectivity index (χ0n) is 13.5. The molecule has 24 heavy (non-hydrogen) atoms. The maximum absolute atomic E-state index is 12.6. The third-order valence-electron chi connectivity index (χ3n) is 4.66. The number of para-hydroxylation sites is 1. The summed E-state index contributed by atoms with van der Waals surface area (Å²) in [5.74, 6) is -0.320. The molecule has 1 atom stereocenters. The topological polar surface area (TPSA) is 74.3 Å². The van der Waals surface area contributed by atoms with Crippen molar-refractivity contribution in [2.75, 3.05) is 5.32 Å². The Kier molecular flexibility index (Phi) is 3.23. The Morgan fingerprint density at radius 2 is 1.92 bits per heavy atom. The lowest BCUT2D eigenvalue weighted by atomic mass is 9.92. The maximum Gasteiger partial charge on any atom is 0.238 e. The molecule has 1 unspecified atom stereocenters. The van der Waals surface area contributed by atoms with Gasteiger partial charge in [-0.15, -0.1) is 4.91 Å². The molecule has 0 spiro atoms. The van der Waals surface area contributed by atoms with Gasteiger partial charge in [0.05, 0.1) is 5.69 Å². The molecule has 1 aromatic heterocycles. The summed E-state index contributed by atoms with van der Waals surface area (Å²) >= 11 is 0. The van der Waals surface area contributed by atoms with Gasteiger partial charge in [0.25, 0.3) is 0 Å². The Balaban J connectivity index is 1.94. The summed E-state index contributed by atoms with van der Waals surface area (Å²) in [5, 5.41) is 6.85. The molecule has 1 amide bonds. The van der Waals surface area contributed by atoms with Gasteiger partial charge >= 0.3 is 0 Å². The van der Waals surface area contributed by atoms with Crippen molar-refractivity contribution in [2.45, 2.75) is 25.7 Å². The number of fused-ring (bicyclic) bond motifs is 2. The number of hydrogen-bond acceptors (Lipinski definition) is 3. The second-order valence-electron chi connectivity index (χ2n) is 6.45. The van der Waals surface area contributed by atoms with Crippen LogP contribution in [0.25, 0.3) is 10.9 Å². The summed E-state index contributed by atoms with van der Waals surface area (Å²) in [5.41, 5.74) is 4.53. The van der Waals surface area contributed by atoms with Crippen LogP contribution in [0.2, 0.25) is 0 Å². The molecule has 0 bridgehead atoms. The number of nitrogens with zero attached hydrogens (tertiary/aromatic N) is 1. The van der Waals surface area contributed by atoms with Gasteiger partial charge in [0, 0.05) is 16.6 Å². The summed E-state index contributed by atoms with van der Waals surface area (Å²) in [4.78, 5) is 27.3. The molecule has 2 aromatic carbocycles. The number of amides is 1. The van der Waals surface area contributed by atoms with Crippen LogP contribution in [0.1, 0.15) is 42.5 Å². The summed E-state index contributed by atoms with van der Waals surface area (Å²) in [6.07, 6.45) is 0. The number of benzene rings is 2. The van der Waals surface area contributed by atoms with Gasteiger partial charge in [0.1, 0.15) is 11.6 Å². The molecule has 0 saturated heterocycles. The van der Waals surface area contributed by atoms with E-state index in [0.717, 1.165) is 27.7 Å². The standard InChI is InChI=1S/C19H17N3O2/c1-10(2)11-7-8-15-13(9-11)16(19(23)21-15)18-17(22-24)12-5-3-4-6-14(12)20-18/h3-10,16,20H,1-2H3,(H,21,23). The van der Waals surface area contributed by atoms with Crippen LogP contribution >= 0.6 is 0 Å². The highest BCUT2D eigenvalue weighted by atomic mass is 16.3. The van der Waals surface area contributed by atoms with Gasteiger partial charge in [-0.3, -0.25) is 4.79 Å². The minimum atomic E-state index is -0.543. The minimum absolute atomic E-state index is 0.137. The van der Waals surface area contributed by atoms with Crippen molar-refractivity contribution in [1.29, 1.82) is 0 Å². The number of aromatic nitrogens is 1. The van der Waals surface area contributed by atoms with Gasteiger partial charge in [-0.1, -0.05) is 44.2 Å². The van der Waals surface area contributed by atoms with Crippen LogP contribution in [0.4, 0.5) is 11.4 Å². The fraction of sp³-hybridized carbons (Fsp3) is 0.211. The molecular formula is C19H17N3O2. The van der Waals surface area contributed by atoms with Crippen molar-refractivity contribution in [3.8, 4) is 0 Å². The molecule has 2 N–H and O–H groups in total. The number of carbonyl (C=O) groups is 1. The Bertz CT molecular complexity index is 972. The smallest absolute Gasteiger partial charge is 0.238 e. The molecule has 0 aliphatic carbocycles. The maximum atomic E-state index is 12.6. The first-order valence-corrected chi connectivity index (χ1v) is 7.99. The number of nitroso groups, excluding NO2 is 1. The third kappa shape index (κ3) is 2.05. The number of H-pyrrole nitrogens is 1. The number of nitrogens with one attached hydrogen (secondary N) is 2. The van der Waals surface area contributed by atoms with E-state index in [9.17, 15) is 9.70 Å². The first-order valence-electron chi connectivity index (χ1n) is 7.99. The fourth-order valence-corrected chi connectivity index (χ4v) is 3.38. The number of anilines is 1. The van der Waals surface area contributed by atoms with Crippen LogP contribution in [-0.4, -0.2) is 10.9 Å². The van der Waals surface area contributed by atoms with Crippen LogP contribution in [0, 0.1) is 4.91 Å². The Morgan fingerprint density at radius 1 is 1.12 bits per heavy atom. The first kappa shape index (κ1) is 14.6. The summed E-state index contributed by atoms with van der Waals surface area (Å²) < 4.78 is 0. The number of aromatic amines is 1. The van der Waals surface area contributed by atoms with Crippen molar-refractivity contribution in [3.05, 3.63) is 64.2 Å². The second kappa shape index (κ2) is 5.30. The van der Waals surface area contributed by atoms with Crippen LogP contribution in [0.5, 0.6) is 0 Å². The third-order valence-corrected chi connectivity index (χ3v) is 4.66. The number of carbonyl (C=O) groups excluding carboxylic acids is 1. The van der Waals surface area contributed by atoms with Crippen molar-refractivity contribution >= 4 is 28.2 Å². The van der Waals surface area contributed by atoms with E-state index in [1.165, 1.54) is 0 Å². The van der Waals surface area contributed by atoms with Gasteiger partial charge in [-0.25, -0.2) is 0 Å². The normalized spacial score (nSPS) is 16.5. The molecule has 0 fully saturated rings. The summed E-state index contributed by atoms with van der Waals surface area (Å²) in [6, 6.07) is 13.5. The molecular weight excluding hydrogens is 302 g/mol. The van der Waals surface area contributed by atoms with Gasteiger partial charge in [0.15, 0.2) is 0 Å². The quantitative estimate of drug-likeness (QED) is 0.682. The van der Waals surface area contributed by atoms with Gasteiger partial charge in [-0.05, 0) is 34.4 Å². The van der Waals surface area contributed by atoms with E-state index >= 15 is 0 Å². The van der Waals surface area contributed by atoms with Gasteiger partial charge in [-0.2, -0.15) is 0 Å². The molecule has 3 aromatic rings. The average molecular weight is 319 g/mol. The first-order chi connectivity index (χ1) is 11.6. The van der Waals surface area contributed by atoms with Crippen molar-refractivity contribution in [2.24, 2.45) is 5.18 Å². The van der Waals surface area contributed by atoms with Crippen LogP contribution in [0.15, 0.2) is 47.6 Å². The lowest BCUT2D eigenvalue weighted by Gasteiger charge is -2.11. The molecule has 1 aliphatic heterocycles. The average Bonchev–Trinajstić information content (AvgIpc) is 3.09. The molecule has 4 rings (SSSR count). The second-order valence-corrected chi connectivity index (χ2v) is 6.45. The van der Waals surface area contributed by atoms with Gasteiger partial charge < -0.3 is 10.3 Å². The van der Waals surface area contributed by atoms with E-state index in [2.05, 4.69) is 29.3 Å². The van der Waals surface area contributed by atoms with Gasteiger partial charge in [0.2, 0.25) is 5.91 Å². The van der Waals surface area contributed by atoms with E-state index in [1.54, 1.807) is 0 Å². The number of rotatable bonds is 3. The van der Waals surface area contributed by atoms with Crippen LogP contribution in [-0.2, 0) is 4.79 Å². The lowest BCUT2D eigenvalue weighted by molar-refractivity contribution is -0.116. The molecule has 5 nitrogen and oxygen atoms in total. The molecule has 1 aliphatic rings. The minimum Gasteiger partial charge on any atom is -0.356 e. The Morgan fingerprint density at radius 3 is 2.67 bits per heavy atom. The summed E-state index contributed by atoms with van der Waals surface area (Å²) in [7, 11) is 0. The highest BCUT2D eigenvalue weighted by Gasteiger charge is 2.36. The fourth-order valence-electron chi connectivity index (χ4n) is 3.38. The molecule has 2 heterocycles. The van der Waals surface area contributed by atoms with Crippen molar-refractivity contribution < 1.29 is 4.79 Å². The predicted octanol–water partition coefficient (Wildman–Crippen LogP) is 4.77. The SMILES string of the molecule is CC(C)c1ccc2c(c1)C(c1[nH]c3ccccc3c1N=O)C(=O)N2. The van der Waals surface area contributed by atoms with Crippen LogP contribution in [0.3, 0.4) is 0 Å². The molecule has 0 radical (unpaired) electrons. The van der Waals surface area contributed by atoms with E-state index in [0.29, 0.717) is 17.3 Å². The van der Waals surface area contributed by atoms with E-state index in [-0.39, 0.29) is 5.91 Å². The van der Waals surface area contributed by atoms with E-state index in [4.69, 9.17) is 0 Å². The largest absolute Gasteiger partial charge is 0.356 e. The monoisotopic (exact) mass is 319 g/mol. The molecule has 120 valence electrons. The van der Waals surface area contributed by atoms with E-state index in [1.807, 2.05) is 42.5 Å². The molecule has 5 heteroatoms. The zero-order valence-corrected chi connectivity index (χ0v) is 13.5. The predicted molar refractivity (Wildman–Crippen MR) is 94.8 cm³/mol. The molecule has 0 saturated carbocycles. The lowest BCUT2D eigenvalue weighted by Crippen LogP contribution is -2.13. The van der Waals surface area contributed by atoms with E-state index < -0.39 is 5.92 Å². The van der Waals surface area contributed by atoms with Crippen molar-refractivity contribution in [1.82, 2.24) is 4.98 Å². The number of hydrogen-bond donors (Lipinski definition) is 2.